The molecular weight excluding hydrogens is 394 g/mol. The number of amides is 1. The van der Waals surface area contributed by atoms with E-state index in [9.17, 15) is 4.79 Å². The fourth-order valence-corrected chi connectivity index (χ4v) is 3.52. The van der Waals surface area contributed by atoms with Crippen LogP contribution in [-0.4, -0.2) is 43.9 Å². The maximum Gasteiger partial charge on any atom is 0.259 e. The fraction of sp³-hybridized carbons (Fsp3) is 0.526. The van der Waals surface area contributed by atoms with Crippen molar-refractivity contribution >= 4 is 35.4 Å². The van der Waals surface area contributed by atoms with Crippen LogP contribution in [0.1, 0.15) is 66.1 Å². The van der Waals surface area contributed by atoms with Crippen LogP contribution >= 0.6 is 12.4 Å². The van der Waals surface area contributed by atoms with E-state index >= 15 is 0 Å². The molecule has 4 heterocycles. The van der Waals surface area contributed by atoms with Crippen molar-refractivity contribution in [3.63, 3.8) is 0 Å². The number of hydrogen-bond acceptors (Lipinski definition) is 7. The van der Waals surface area contributed by atoms with Crippen molar-refractivity contribution in [2.75, 3.05) is 18.4 Å². The summed E-state index contributed by atoms with van der Waals surface area (Å²) in [6.07, 6.45) is 2.00. The van der Waals surface area contributed by atoms with Crippen LogP contribution in [0.25, 0.3) is 11.1 Å². The predicted molar refractivity (Wildman–Crippen MR) is 112 cm³/mol. The molecule has 3 aromatic rings. The number of aryl methyl sites for hydroxylation is 2. The minimum Gasteiger partial charge on any atom is -0.336 e. The summed E-state index contributed by atoms with van der Waals surface area (Å²) in [5, 5.41) is 15.4. The largest absolute Gasteiger partial charge is 0.336 e. The first-order valence-electron chi connectivity index (χ1n) is 9.64. The molecule has 1 fully saturated rings. The molecular formula is C19H26ClN7O2. The monoisotopic (exact) mass is 419 g/mol. The van der Waals surface area contributed by atoms with E-state index in [1.54, 1.807) is 24.7 Å². The molecule has 0 aromatic carbocycles. The second kappa shape index (κ2) is 8.46. The third-order valence-electron chi connectivity index (χ3n) is 5.18. The molecule has 1 amide bonds. The van der Waals surface area contributed by atoms with Gasteiger partial charge >= 0.3 is 0 Å². The first-order chi connectivity index (χ1) is 13.4. The van der Waals surface area contributed by atoms with Gasteiger partial charge in [0.2, 0.25) is 5.95 Å². The molecule has 0 radical (unpaired) electrons. The van der Waals surface area contributed by atoms with Crippen LogP contribution in [-0.2, 0) is 7.05 Å². The number of piperidine rings is 1. The number of hydrogen-bond donors (Lipinski definition) is 2. The molecule has 4 rings (SSSR count). The standard InChI is InChI=1S/C19H25N7O2.ClH/c1-10(2)14-9-13(15-11(3)25-28-18(15)21-14)17(27)23-19-22-16(24-26(19)4)12-5-7-20-8-6-12;/h9-10,12,20H,5-8H2,1-4H3,(H,22,23,24,27);1H. The van der Waals surface area contributed by atoms with Gasteiger partial charge in [0.05, 0.1) is 16.6 Å². The molecule has 0 bridgehead atoms. The highest BCUT2D eigenvalue weighted by molar-refractivity contribution is 6.11. The highest BCUT2D eigenvalue weighted by atomic mass is 35.5. The Kier molecular flexibility index (Phi) is 6.18. The van der Waals surface area contributed by atoms with Crippen molar-refractivity contribution in [1.82, 2.24) is 30.2 Å². The Balaban J connectivity index is 0.00000240. The topological polar surface area (TPSA) is 111 Å². The Bertz CT molecular complexity index is 1020. The zero-order valence-corrected chi connectivity index (χ0v) is 17.8. The van der Waals surface area contributed by atoms with Gasteiger partial charge in [-0.2, -0.15) is 10.1 Å². The lowest BCUT2D eigenvalue weighted by molar-refractivity contribution is 0.102. The maximum absolute atomic E-state index is 13.1. The Hall–Kier alpha value is -2.52. The molecule has 1 saturated heterocycles. The summed E-state index contributed by atoms with van der Waals surface area (Å²) in [6, 6.07) is 1.80. The smallest absolute Gasteiger partial charge is 0.259 e. The van der Waals surface area contributed by atoms with Crippen molar-refractivity contribution in [3.05, 3.63) is 28.8 Å². The van der Waals surface area contributed by atoms with E-state index < -0.39 is 0 Å². The molecule has 29 heavy (non-hydrogen) atoms. The highest BCUT2D eigenvalue weighted by Gasteiger charge is 2.24. The summed E-state index contributed by atoms with van der Waals surface area (Å²) < 4.78 is 6.93. The van der Waals surface area contributed by atoms with Gasteiger partial charge in [0, 0.05) is 18.7 Å². The summed E-state index contributed by atoms with van der Waals surface area (Å²) in [5.74, 6) is 1.42. The normalized spacial score (nSPS) is 14.9. The molecule has 0 unspecified atom stereocenters. The van der Waals surface area contributed by atoms with Crippen LogP contribution in [0, 0.1) is 6.92 Å². The average Bonchev–Trinajstić information content (AvgIpc) is 3.25. The van der Waals surface area contributed by atoms with E-state index in [0.717, 1.165) is 37.4 Å². The number of nitrogens with zero attached hydrogens (tertiary/aromatic N) is 5. The van der Waals surface area contributed by atoms with Crippen molar-refractivity contribution in [3.8, 4) is 0 Å². The second-order valence-corrected chi connectivity index (χ2v) is 7.59. The van der Waals surface area contributed by atoms with Crippen LogP contribution in [0.4, 0.5) is 5.95 Å². The number of fused-ring (bicyclic) bond motifs is 1. The first-order valence-corrected chi connectivity index (χ1v) is 9.64. The van der Waals surface area contributed by atoms with Crippen molar-refractivity contribution in [2.24, 2.45) is 7.05 Å². The third kappa shape index (κ3) is 4.11. The Labute approximate surface area is 175 Å². The quantitative estimate of drug-likeness (QED) is 0.668. The van der Waals surface area contributed by atoms with E-state index in [2.05, 4.69) is 30.9 Å². The number of aromatic nitrogens is 5. The number of anilines is 1. The molecule has 1 aliphatic rings. The summed E-state index contributed by atoms with van der Waals surface area (Å²) >= 11 is 0. The lowest BCUT2D eigenvalue weighted by Crippen LogP contribution is -2.27. The number of halogens is 1. The molecule has 0 saturated carbocycles. The molecule has 156 valence electrons. The molecule has 10 heteroatoms. The number of carbonyl (C=O) groups is 1. The van der Waals surface area contributed by atoms with Crippen molar-refractivity contribution in [1.29, 1.82) is 0 Å². The lowest BCUT2D eigenvalue weighted by atomic mass is 9.98. The van der Waals surface area contributed by atoms with Gasteiger partial charge in [-0.15, -0.1) is 12.4 Å². The molecule has 2 N–H and O–H groups in total. The van der Waals surface area contributed by atoms with E-state index in [4.69, 9.17) is 4.52 Å². The van der Waals surface area contributed by atoms with Crippen LogP contribution in [0.2, 0.25) is 0 Å². The average molecular weight is 420 g/mol. The zero-order valence-electron chi connectivity index (χ0n) is 17.0. The SMILES string of the molecule is Cc1noc2nc(C(C)C)cc(C(=O)Nc3nc(C4CCNCC4)nn3C)c12.Cl. The van der Waals surface area contributed by atoms with E-state index in [-0.39, 0.29) is 24.2 Å². The Morgan fingerprint density at radius 3 is 2.72 bits per heavy atom. The van der Waals surface area contributed by atoms with Crippen LogP contribution in [0.15, 0.2) is 10.6 Å². The van der Waals surface area contributed by atoms with Crippen molar-refractivity contribution in [2.45, 2.75) is 45.4 Å². The summed E-state index contributed by atoms with van der Waals surface area (Å²) in [7, 11) is 1.79. The maximum atomic E-state index is 13.1. The van der Waals surface area contributed by atoms with Gasteiger partial charge in [-0.05, 0) is 44.8 Å². The minimum absolute atomic E-state index is 0. The fourth-order valence-electron chi connectivity index (χ4n) is 3.52. The van der Waals surface area contributed by atoms with Gasteiger partial charge in [-0.25, -0.2) is 9.67 Å². The predicted octanol–water partition coefficient (Wildman–Crippen LogP) is 2.92. The van der Waals surface area contributed by atoms with Crippen LogP contribution in [0.3, 0.4) is 0 Å². The number of carbonyl (C=O) groups excluding carboxylic acids is 1. The Morgan fingerprint density at radius 2 is 2.03 bits per heavy atom. The molecule has 0 aliphatic carbocycles. The zero-order chi connectivity index (χ0) is 19.8. The molecule has 0 spiro atoms. The van der Waals surface area contributed by atoms with Gasteiger partial charge < -0.3 is 9.84 Å². The number of nitrogens with one attached hydrogen (secondary N) is 2. The van der Waals surface area contributed by atoms with E-state index in [1.807, 2.05) is 13.8 Å². The summed E-state index contributed by atoms with van der Waals surface area (Å²) in [6.45, 7) is 7.77. The number of rotatable bonds is 4. The van der Waals surface area contributed by atoms with Gasteiger partial charge in [0.1, 0.15) is 0 Å². The summed E-state index contributed by atoms with van der Waals surface area (Å²) in [5.41, 5.74) is 2.28. The van der Waals surface area contributed by atoms with Gasteiger partial charge in [0.25, 0.3) is 11.6 Å². The van der Waals surface area contributed by atoms with Gasteiger partial charge in [-0.3, -0.25) is 10.1 Å². The second-order valence-electron chi connectivity index (χ2n) is 7.59. The molecule has 0 atom stereocenters. The van der Waals surface area contributed by atoms with Crippen LogP contribution < -0.4 is 10.6 Å². The molecule has 1 aliphatic heterocycles. The van der Waals surface area contributed by atoms with E-state index in [1.165, 1.54) is 0 Å². The molecule has 9 nitrogen and oxygen atoms in total. The molecule has 3 aromatic heterocycles. The third-order valence-corrected chi connectivity index (χ3v) is 5.18. The lowest BCUT2D eigenvalue weighted by Gasteiger charge is -2.19. The van der Waals surface area contributed by atoms with Crippen LogP contribution in [0.5, 0.6) is 0 Å². The van der Waals surface area contributed by atoms with Gasteiger partial charge in [0.15, 0.2) is 5.82 Å². The van der Waals surface area contributed by atoms with Crippen molar-refractivity contribution < 1.29 is 9.32 Å². The minimum atomic E-state index is -0.270. The number of pyridine rings is 1. The summed E-state index contributed by atoms with van der Waals surface area (Å²) in [4.78, 5) is 22.2. The Morgan fingerprint density at radius 1 is 1.31 bits per heavy atom. The van der Waals surface area contributed by atoms with Gasteiger partial charge in [-0.1, -0.05) is 19.0 Å². The van der Waals surface area contributed by atoms with E-state index in [0.29, 0.717) is 34.2 Å². The highest BCUT2D eigenvalue weighted by Crippen LogP contribution is 2.27. The first kappa shape index (κ1) is 21.2.